The van der Waals surface area contributed by atoms with E-state index in [1.807, 2.05) is 36.4 Å². The normalized spacial score (nSPS) is 21.6. The summed E-state index contributed by atoms with van der Waals surface area (Å²) >= 11 is 0. The van der Waals surface area contributed by atoms with Crippen LogP contribution in [0.5, 0.6) is 0 Å². The van der Waals surface area contributed by atoms with Gasteiger partial charge in [0.2, 0.25) is 0 Å². The first-order chi connectivity index (χ1) is 9.15. The van der Waals surface area contributed by atoms with Gasteiger partial charge in [0.15, 0.2) is 5.60 Å². The van der Waals surface area contributed by atoms with Crippen LogP contribution in [0.25, 0.3) is 5.57 Å². The van der Waals surface area contributed by atoms with Gasteiger partial charge in [-0.05, 0) is 17.2 Å². The Bertz CT molecular complexity index is 528. The maximum Gasteiger partial charge on any atom is 0.342 e. The van der Waals surface area contributed by atoms with Crippen LogP contribution in [0.4, 0.5) is 0 Å². The minimum atomic E-state index is -1.57. The Morgan fingerprint density at radius 1 is 1.42 bits per heavy atom. The van der Waals surface area contributed by atoms with Gasteiger partial charge in [-0.15, -0.1) is 0 Å². The molecule has 3 nitrogen and oxygen atoms in total. The minimum absolute atomic E-state index is 0.101. The van der Waals surface area contributed by atoms with Gasteiger partial charge in [0.25, 0.3) is 0 Å². The average molecular weight is 256 g/mol. The Balaban J connectivity index is 2.09. The number of allylic oxidation sites excluding steroid dienone is 2. The molecule has 0 saturated carbocycles. The number of aliphatic hydroxyl groups is 1. The molecule has 1 unspecified atom stereocenters. The van der Waals surface area contributed by atoms with Crippen molar-refractivity contribution in [2.75, 3.05) is 6.61 Å². The predicted molar refractivity (Wildman–Crippen MR) is 74.3 cm³/mol. The molecule has 19 heavy (non-hydrogen) atoms. The van der Waals surface area contributed by atoms with Crippen molar-refractivity contribution in [1.82, 2.24) is 0 Å². The largest absolute Gasteiger partial charge is 0.459 e. The van der Waals surface area contributed by atoms with Crippen molar-refractivity contribution in [2.24, 2.45) is 0 Å². The van der Waals surface area contributed by atoms with E-state index in [1.54, 1.807) is 6.08 Å². The molecule has 3 heteroatoms. The second-order valence-electron chi connectivity index (χ2n) is 4.37. The molecule has 0 fully saturated rings. The zero-order valence-corrected chi connectivity index (χ0v) is 10.6. The molecule has 0 aromatic heterocycles. The van der Waals surface area contributed by atoms with Gasteiger partial charge in [-0.1, -0.05) is 55.1 Å². The molecular weight excluding hydrogens is 240 g/mol. The highest BCUT2D eigenvalue weighted by Gasteiger charge is 2.35. The molecule has 0 saturated heterocycles. The molecule has 0 radical (unpaired) electrons. The zero-order chi connectivity index (χ0) is 13.7. The molecule has 1 N–H and O–H groups in total. The van der Waals surface area contributed by atoms with E-state index in [2.05, 4.69) is 6.58 Å². The number of benzene rings is 1. The lowest BCUT2D eigenvalue weighted by Crippen LogP contribution is -2.38. The molecule has 0 bridgehead atoms. The average Bonchev–Trinajstić information content (AvgIpc) is 2.46. The Labute approximate surface area is 112 Å². The molecule has 1 aliphatic carbocycles. The summed E-state index contributed by atoms with van der Waals surface area (Å²) in [6, 6.07) is 9.80. The Kier molecular flexibility index (Phi) is 3.97. The summed E-state index contributed by atoms with van der Waals surface area (Å²) in [5, 5.41) is 10.2. The lowest BCUT2D eigenvalue weighted by molar-refractivity contribution is -0.158. The van der Waals surface area contributed by atoms with Gasteiger partial charge < -0.3 is 9.84 Å². The van der Waals surface area contributed by atoms with E-state index in [0.717, 1.165) is 11.1 Å². The Morgan fingerprint density at radius 2 is 2.16 bits per heavy atom. The highest BCUT2D eigenvalue weighted by molar-refractivity contribution is 5.86. The van der Waals surface area contributed by atoms with Crippen LogP contribution in [0, 0.1) is 0 Å². The summed E-state index contributed by atoms with van der Waals surface area (Å²) in [5.74, 6) is -0.646. The Hall–Kier alpha value is -2.13. The predicted octanol–water partition coefficient (Wildman–Crippen LogP) is 2.49. The summed E-state index contributed by atoms with van der Waals surface area (Å²) in [4.78, 5) is 11.7. The van der Waals surface area contributed by atoms with E-state index >= 15 is 0 Å². The van der Waals surface area contributed by atoms with E-state index < -0.39 is 11.6 Å². The SMILES string of the molecule is C=CCOC(=O)C1(O)C=CC(c2ccccc2)=CC1. The number of ether oxygens (including phenoxy) is 1. The van der Waals surface area contributed by atoms with Crippen LogP contribution in [0.2, 0.25) is 0 Å². The van der Waals surface area contributed by atoms with Gasteiger partial charge in [-0.25, -0.2) is 4.79 Å². The first-order valence-corrected chi connectivity index (χ1v) is 6.11. The molecule has 0 heterocycles. The van der Waals surface area contributed by atoms with Crippen molar-refractivity contribution in [1.29, 1.82) is 0 Å². The zero-order valence-electron chi connectivity index (χ0n) is 10.6. The van der Waals surface area contributed by atoms with Gasteiger partial charge in [0.05, 0.1) is 0 Å². The smallest absolute Gasteiger partial charge is 0.342 e. The highest BCUT2D eigenvalue weighted by Crippen LogP contribution is 2.27. The fraction of sp³-hybridized carbons (Fsp3) is 0.188. The van der Waals surface area contributed by atoms with Crippen LogP contribution >= 0.6 is 0 Å². The molecule has 98 valence electrons. The van der Waals surface area contributed by atoms with Crippen molar-refractivity contribution in [2.45, 2.75) is 12.0 Å². The third kappa shape index (κ3) is 3.01. The summed E-state index contributed by atoms with van der Waals surface area (Å²) < 4.78 is 4.89. The number of esters is 1. The van der Waals surface area contributed by atoms with Crippen LogP contribution in [0.3, 0.4) is 0 Å². The molecule has 0 amide bonds. The van der Waals surface area contributed by atoms with Crippen LogP contribution in [-0.4, -0.2) is 23.3 Å². The van der Waals surface area contributed by atoms with E-state index in [-0.39, 0.29) is 13.0 Å². The van der Waals surface area contributed by atoms with Crippen molar-refractivity contribution >= 4 is 11.5 Å². The maximum absolute atomic E-state index is 11.7. The topological polar surface area (TPSA) is 46.5 Å². The third-order valence-electron chi connectivity index (χ3n) is 2.96. The Morgan fingerprint density at radius 3 is 2.74 bits per heavy atom. The van der Waals surface area contributed by atoms with Crippen molar-refractivity contribution < 1.29 is 14.6 Å². The fourth-order valence-electron chi connectivity index (χ4n) is 1.88. The van der Waals surface area contributed by atoms with Crippen LogP contribution in [0.1, 0.15) is 12.0 Å². The van der Waals surface area contributed by atoms with E-state index in [4.69, 9.17) is 4.74 Å². The number of rotatable bonds is 4. The summed E-state index contributed by atoms with van der Waals surface area (Å²) in [6.45, 7) is 3.56. The summed E-state index contributed by atoms with van der Waals surface area (Å²) in [5.41, 5.74) is 0.475. The fourth-order valence-corrected chi connectivity index (χ4v) is 1.88. The van der Waals surface area contributed by atoms with Crippen molar-refractivity contribution in [3.05, 3.63) is 66.8 Å². The second-order valence-corrected chi connectivity index (χ2v) is 4.37. The molecule has 1 aliphatic rings. The van der Waals surface area contributed by atoms with Crippen LogP contribution < -0.4 is 0 Å². The van der Waals surface area contributed by atoms with Gasteiger partial charge in [-0.3, -0.25) is 0 Å². The monoisotopic (exact) mass is 256 g/mol. The van der Waals surface area contributed by atoms with Crippen molar-refractivity contribution in [3.63, 3.8) is 0 Å². The molecule has 1 aromatic rings. The summed E-state index contributed by atoms with van der Waals surface area (Å²) in [6.07, 6.45) is 6.75. The molecule has 1 aromatic carbocycles. The van der Waals surface area contributed by atoms with Gasteiger partial charge >= 0.3 is 5.97 Å². The molecule has 0 aliphatic heterocycles. The first-order valence-electron chi connectivity index (χ1n) is 6.11. The number of hydrogen-bond acceptors (Lipinski definition) is 3. The minimum Gasteiger partial charge on any atom is -0.459 e. The van der Waals surface area contributed by atoms with E-state index in [9.17, 15) is 9.90 Å². The van der Waals surface area contributed by atoms with Gasteiger partial charge in [0.1, 0.15) is 6.61 Å². The van der Waals surface area contributed by atoms with Crippen LogP contribution in [-0.2, 0) is 9.53 Å². The van der Waals surface area contributed by atoms with Gasteiger partial charge in [0, 0.05) is 6.42 Å². The molecule has 0 spiro atoms. The van der Waals surface area contributed by atoms with E-state index in [0.29, 0.717) is 0 Å². The van der Waals surface area contributed by atoms with E-state index in [1.165, 1.54) is 12.2 Å². The third-order valence-corrected chi connectivity index (χ3v) is 2.96. The molecular formula is C16H16O3. The first kappa shape index (κ1) is 13.3. The lowest BCUT2D eigenvalue weighted by Gasteiger charge is -2.24. The lowest BCUT2D eigenvalue weighted by atomic mass is 9.89. The second kappa shape index (κ2) is 5.67. The van der Waals surface area contributed by atoms with Gasteiger partial charge in [-0.2, -0.15) is 0 Å². The maximum atomic E-state index is 11.7. The number of carbonyl (C=O) groups is 1. The quantitative estimate of drug-likeness (QED) is 0.665. The molecule has 1 atom stereocenters. The highest BCUT2D eigenvalue weighted by atomic mass is 16.5. The molecule has 2 rings (SSSR count). The van der Waals surface area contributed by atoms with Crippen LogP contribution in [0.15, 0.2) is 61.2 Å². The standard InChI is InChI=1S/C16H16O3/c1-2-12-19-15(17)16(18)10-8-14(9-11-16)13-6-4-3-5-7-13/h2-10,18H,1,11-12H2. The summed E-state index contributed by atoms with van der Waals surface area (Å²) in [7, 11) is 0. The number of hydrogen-bond donors (Lipinski definition) is 1. The number of carbonyl (C=O) groups excluding carboxylic acids is 1. The van der Waals surface area contributed by atoms with Crippen molar-refractivity contribution in [3.8, 4) is 0 Å².